The van der Waals surface area contributed by atoms with Gasteiger partial charge in [-0.25, -0.2) is 0 Å². The molecule has 2 heterocycles. The van der Waals surface area contributed by atoms with Crippen molar-refractivity contribution in [3.05, 3.63) is 24.3 Å². The molecule has 27 heavy (non-hydrogen) atoms. The third kappa shape index (κ3) is 5.08. The van der Waals surface area contributed by atoms with Crippen LogP contribution < -0.4 is 20.3 Å². The summed E-state index contributed by atoms with van der Waals surface area (Å²) < 4.78 is 11.1. The highest BCUT2D eigenvalue weighted by molar-refractivity contribution is 5.85. The summed E-state index contributed by atoms with van der Waals surface area (Å²) in [5, 5.41) is 7.59. The third-order valence-electron chi connectivity index (χ3n) is 6.41. The number of halogens is 1. The van der Waals surface area contributed by atoms with Crippen LogP contribution in [-0.4, -0.2) is 58.6 Å². The summed E-state index contributed by atoms with van der Waals surface area (Å²) in [6, 6.07) is 9.64. The van der Waals surface area contributed by atoms with Gasteiger partial charge in [0.05, 0.1) is 20.3 Å². The lowest BCUT2D eigenvalue weighted by molar-refractivity contribution is 0.0523. The number of rotatable bonds is 6. The summed E-state index contributed by atoms with van der Waals surface area (Å²) in [7, 11) is 1.74. The standard InChI is InChI=1S/C21H33N3O2.ClH/c1-25-18-5-2-4-17(12-18)24-10-8-16(14-24)13-23-20-7-3-6-19(20)21-15-26-11-9-22-21;/h2,4-5,12,16,19-23H,3,6-11,13-15H2,1H3;1H. The van der Waals surface area contributed by atoms with E-state index in [1.54, 1.807) is 7.11 Å². The number of ether oxygens (including phenoxy) is 2. The maximum Gasteiger partial charge on any atom is 0.120 e. The van der Waals surface area contributed by atoms with Crippen molar-refractivity contribution in [1.82, 2.24) is 10.6 Å². The van der Waals surface area contributed by atoms with Crippen molar-refractivity contribution < 1.29 is 9.47 Å². The van der Waals surface area contributed by atoms with Gasteiger partial charge in [-0.05, 0) is 49.8 Å². The van der Waals surface area contributed by atoms with E-state index < -0.39 is 0 Å². The molecule has 0 bridgehead atoms. The van der Waals surface area contributed by atoms with Crippen LogP contribution in [0.3, 0.4) is 0 Å². The summed E-state index contributed by atoms with van der Waals surface area (Å²) in [6.07, 6.45) is 5.27. The number of benzene rings is 1. The minimum Gasteiger partial charge on any atom is -0.497 e. The van der Waals surface area contributed by atoms with Crippen LogP contribution in [0.15, 0.2) is 24.3 Å². The van der Waals surface area contributed by atoms with E-state index in [0.717, 1.165) is 57.0 Å². The van der Waals surface area contributed by atoms with Gasteiger partial charge >= 0.3 is 0 Å². The number of morpholine rings is 1. The fourth-order valence-electron chi connectivity index (χ4n) is 4.94. The minimum atomic E-state index is 0. The van der Waals surface area contributed by atoms with Gasteiger partial charge in [0.15, 0.2) is 0 Å². The van der Waals surface area contributed by atoms with Crippen molar-refractivity contribution >= 4 is 18.1 Å². The molecule has 152 valence electrons. The first-order valence-electron chi connectivity index (χ1n) is 10.3. The van der Waals surface area contributed by atoms with Crippen LogP contribution in [0, 0.1) is 11.8 Å². The SMILES string of the molecule is COc1cccc(N2CCC(CNC3CCCC3C3COCCN3)C2)c1.Cl. The Labute approximate surface area is 169 Å². The molecular weight excluding hydrogens is 362 g/mol. The Morgan fingerprint density at radius 3 is 3.04 bits per heavy atom. The largest absolute Gasteiger partial charge is 0.497 e. The molecule has 0 amide bonds. The molecule has 0 radical (unpaired) electrons. The summed E-state index contributed by atoms with van der Waals surface area (Å²) in [4.78, 5) is 2.50. The van der Waals surface area contributed by atoms with Gasteiger partial charge in [-0.1, -0.05) is 12.5 Å². The molecule has 2 aliphatic heterocycles. The second kappa shape index (κ2) is 9.97. The van der Waals surface area contributed by atoms with Gasteiger partial charge in [-0.15, -0.1) is 12.4 Å². The highest BCUT2D eigenvalue weighted by Crippen LogP contribution is 2.31. The van der Waals surface area contributed by atoms with Crippen LogP contribution in [0.2, 0.25) is 0 Å². The summed E-state index contributed by atoms with van der Waals surface area (Å²) in [6.45, 7) is 6.18. The van der Waals surface area contributed by atoms with Gasteiger partial charge in [0.1, 0.15) is 5.75 Å². The lowest BCUT2D eigenvalue weighted by Gasteiger charge is -2.33. The monoisotopic (exact) mass is 395 g/mol. The fourth-order valence-corrected chi connectivity index (χ4v) is 4.94. The Morgan fingerprint density at radius 1 is 1.30 bits per heavy atom. The highest BCUT2D eigenvalue weighted by atomic mass is 35.5. The lowest BCUT2D eigenvalue weighted by Crippen LogP contribution is -2.51. The van der Waals surface area contributed by atoms with E-state index in [1.807, 2.05) is 6.07 Å². The Hall–Kier alpha value is -1.01. The first kappa shape index (κ1) is 20.7. The van der Waals surface area contributed by atoms with E-state index in [2.05, 4.69) is 33.7 Å². The van der Waals surface area contributed by atoms with Crippen molar-refractivity contribution in [1.29, 1.82) is 0 Å². The van der Waals surface area contributed by atoms with Crippen LogP contribution in [0.4, 0.5) is 5.69 Å². The molecule has 1 saturated carbocycles. The van der Waals surface area contributed by atoms with E-state index in [-0.39, 0.29) is 12.4 Å². The van der Waals surface area contributed by atoms with Crippen molar-refractivity contribution in [3.8, 4) is 5.75 Å². The maximum absolute atomic E-state index is 5.70. The van der Waals surface area contributed by atoms with Crippen molar-refractivity contribution in [2.75, 3.05) is 51.4 Å². The first-order chi connectivity index (χ1) is 12.8. The molecule has 4 atom stereocenters. The predicted octanol–water partition coefficient (Wildman–Crippen LogP) is 2.69. The van der Waals surface area contributed by atoms with Crippen molar-refractivity contribution in [2.45, 2.75) is 37.8 Å². The molecule has 4 unspecified atom stereocenters. The average Bonchev–Trinajstić information content (AvgIpc) is 3.36. The zero-order valence-corrected chi connectivity index (χ0v) is 17.2. The third-order valence-corrected chi connectivity index (χ3v) is 6.41. The van der Waals surface area contributed by atoms with Crippen LogP contribution in [0.1, 0.15) is 25.7 Å². The number of methoxy groups -OCH3 is 1. The van der Waals surface area contributed by atoms with Gasteiger partial charge in [0.2, 0.25) is 0 Å². The van der Waals surface area contributed by atoms with Crippen LogP contribution >= 0.6 is 12.4 Å². The van der Waals surface area contributed by atoms with Crippen molar-refractivity contribution in [3.63, 3.8) is 0 Å². The molecule has 3 aliphatic rings. The molecule has 0 spiro atoms. The number of anilines is 1. The molecule has 5 nitrogen and oxygen atoms in total. The number of nitrogens with zero attached hydrogens (tertiary/aromatic N) is 1. The van der Waals surface area contributed by atoms with Crippen LogP contribution in [-0.2, 0) is 4.74 Å². The zero-order valence-electron chi connectivity index (χ0n) is 16.4. The molecule has 2 saturated heterocycles. The van der Waals surface area contributed by atoms with Gasteiger partial charge < -0.3 is 25.0 Å². The van der Waals surface area contributed by atoms with Gasteiger partial charge in [0, 0.05) is 43.5 Å². The predicted molar refractivity (Wildman–Crippen MR) is 112 cm³/mol. The van der Waals surface area contributed by atoms with Crippen molar-refractivity contribution in [2.24, 2.45) is 11.8 Å². The average molecular weight is 396 g/mol. The molecule has 3 fully saturated rings. The fraction of sp³-hybridized carbons (Fsp3) is 0.714. The Balaban J connectivity index is 0.00000210. The summed E-state index contributed by atoms with van der Waals surface area (Å²) >= 11 is 0. The Morgan fingerprint density at radius 2 is 2.22 bits per heavy atom. The first-order valence-corrected chi connectivity index (χ1v) is 10.3. The number of nitrogens with one attached hydrogen (secondary N) is 2. The second-order valence-corrected chi connectivity index (χ2v) is 8.05. The normalized spacial score (nSPS) is 30.9. The van der Waals surface area contributed by atoms with Crippen LogP contribution in [0.25, 0.3) is 0 Å². The molecule has 1 aromatic carbocycles. The smallest absolute Gasteiger partial charge is 0.120 e. The molecule has 4 rings (SSSR count). The van der Waals surface area contributed by atoms with E-state index in [9.17, 15) is 0 Å². The van der Waals surface area contributed by atoms with Crippen LogP contribution in [0.5, 0.6) is 5.75 Å². The maximum atomic E-state index is 5.70. The van der Waals surface area contributed by atoms with E-state index >= 15 is 0 Å². The van der Waals surface area contributed by atoms with E-state index in [0.29, 0.717) is 12.1 Å². The molecule has 2 N–H and O–H groups in total. The van der Waals surface area contributed by atoms with E-state index in [1.165, 1.54) is 31.4 Å². The molecule has 1 aromatic rings. The molecular formula is C21H34ClN3O2. The lowest BCUT2D eigenvalue weighted by atomic mass is 9.93. The van der Waals surface area contributed by atoms with E-state index in [4.69, 9.17) is 9.47 Å². The van der Waals surface area contributed by atoms with Gasteiger partial charge in [0.25, 0.3) is 0 Å². The molecule has 0 aromatic heterocycles. The zero-order chi connectivity index (χ0) is 17.8. The van der Waals surface area contributed by atoms with Gasteiger partial charge in [-0.2, -0.15) is 0 Å². The molecule has 1 aliphatic carbocycles. The number of hydrogen-bond acceptors (Lipinski definition) is 5. The topological polar surface area (TPSA) is 45.8 Å². The Bertz CT molecular complexity index is 582. The second-order valence-electron chi connectivity index (χ2n) is 8.05. The quantitative estimate of drug-likeness (QED) is 0.775. The summed E-state index contributed by atoms with van der Waals surface area (Å²) in [5.41, 5.74) is 1.29. The summed E-state index contributed by atoms with van der Waals surface area (Å²) in [5.74, 6) is 2.41. The Kier molecular flexibility index (Phi) is 7.65. The molecule has 6 heteroatoms. The number of hydrogen-bond donors (Lipinski definition) is 2. The minimum absolute atomic E-state index is 0. The highest BCUT2D eigenvalue weighted by Gasteiger charge is 2.35. The van der Waals surface area contributed by atoms with Gasteiger partial charge in [-0.3, -0.25) is 0 Å².